The maximum absolute atomic E-state index is 12.7. The molecule has 0 bridgehead atoms. The Hall–Kier alpha value is -2.91. The van der Waals surface area contributed by atoms with Crippen LogP contribution in [-0.2, 0) is 4.79 Å². The van der Waals surface area contributed by atoms with Gasteiger partial charge in [0.15, 0.2) is 11.5 Å². The van der Waals surface area contributed by atoms with Crippen molar-refractivity contribution in [1.29, 1.82) is 0 Å². The molecule has 2 aromatic rings. The average Bonchev–Trinajstić information content (AvgIpc) is 3.33. The molecule has 1 fully saturated rings. The Bertz CT molecular complexity index is 1100. The van der Waals surface area contributed by atoms with Crippen molar-refractivity contribution in [1.82, 2.24) is 10.2 Å². The highest BCUT2D eigenvalue weighted by Crippen LogP contribution is 2.36. The van der Waals surface area contributed by atoms with Gasteiger partial charge in [-0.1, -0.05) is 12.1 Å². The molecule has 2 aliphatic rings. The van der Waals surface area contributed by atoms with Gasteiger partial charge >= 0.3 is 0 Å². The van der Waals surface area contributed by atoms with Crippen molar-refractivity contribution in [3.63, 3.8) is 0 Å². The molecule has 0 aliphatic carbocycles. The molecule has 2 aromatic carbocycles. The molecule has 0 unspecified atom stereocenters. The number of hydrogen-bond acceptors (Lipinski definition) is 7. The lowest BCUT2D eigenvalue weighted by molar-refractivity contribution is -0.122. The second kappa shape index (κ2) is 9.07. The highest BCUT2D eigenvalue weighted by atomic mass is 32.2. The first kappa shape index (κ1) is 21.3. The number of amides is 3. The summed E-state index contributed by atoms with van der Waals surface area (Å²) >= 11 is 2.44. The lowest BCUT2D eigenvalue weighted by Crippen LogP contribution is -2.37. The van der Waals surface area contributed by atoms with E-state index in [4.69, 9.17) is 9.47 Å². The summed E-state index contributed by atoms with van der Waals surface area (Å²) in [6, 6.07) is 11.0. The summed E-state index contributed by atoms with van der Waals surface area (Å²) in [5, 5.41) is 2.44. The molecule has 9 heteroatoms. The molecule has 0 radical (unpaired) electrons. The Morgan fingerprint density at radius 2 is 2.00 bits per heavy atom. The van der Waals surface area contributed by atoms with Crippen LogP contribution in [0.5, 0.6) is 11.5 Å². The minimum absolute atomic E-state index is 0.107. The fraction of sp³-hybridized carbons (Fsp3) is 0.227. The second-order valence-corrected chi connectivity index (χ2v) is 8.76. The van der Waals surface area contributed by atoms with E-state index in [1.807, 2.05) is 31.4 Å². The quantitative estimate of drug-likeness (QED) is 0.521. The SMILES string of the molecule is CSc1ccc(C)c(C(=O)NCCN2C(=O)S/C(=C\c3ccc4c(c3)OCO4)C2=O)c1. The van der Waals surface area contributed by atoms with Crippen LogP contribution in [0, 0.1) is 6.92 Å². The Morgan fingerprint density at radius 3 is 2.81 bits per heavy atom. The van der Waals surface area contributed by atoms with Crippen LogP contribution in [-0.4, -0.2) is 48.1 Å². The summed E-state index contributed by atoms with van der Waals surface area (Å²) in [4.78, 5) is 40.0. The number of fused-ring (bicyclic) bond motifs is 1. The number of thioether (sulfide) groups is 2. The summed E-state index contributed by atoms with van der Waals surface area (Å²) in [5.41, 5.74) is 2.20. The lowest BCUT2D eigenvalue weighted by atomic mass is 10.1. The minimum atomic E-state index is -0.373. The van der Waals surface area contributed by atoms with E-state index in [2.05, 4.69) is 5.32 Å². The molecule has 7 nitrogen and oxygen atoms in total. The van der Waals surface area contributed by atoms with Gasteiger partial charge in [-0.05, 0) is 66.4 Å². The van der Waals surface area contributed by atoms with Gasteiger partial charge in [0, 0.05) is 23.5 Å². The monoisotopic (exact) mass is 456 g/mol. The smallest absolute Gasteiger partial charge is 0.293 e. The fourth-order valence-electron chi connectivity index (χ4n) is 3.20. The van der Waals surface area contributed by atoms with Crippen LogP contribution in [0.15, 0.2) is 46.2 Å². The normalized spacial score (nSPS) is 16.3. The summed E-state index contributed by atoms with van der Waals surface area (Å²) in [6.07, 6.45) is 3.60. The van der Waals surface area contributed by atoms with Gasteiger partial charge in [-0.3, -0.25) is 19.3 Å². The molecule has 0 spiro atoms. The van der Waals surface area contributed by atoms with Gasteiger partial charge in [-0.15, -0.1) is 11.8 Å². The number of carbonyl (C=O) groups is 3. The van der Waals surface area contributed by atoms with Crippen LogP contribution in [0.25, 0.3) is 6.08 Å². The summed E-state index contributed by atoms with van der Waals surface area (Å²) < 4.78 is 10.6. The van der Waals surface area contributed by atoms with Gasteiger partial charge in [0.2, 0.25) is 6.79 Å². The molecule has 1 saturated heterocycles. The molecule has 0 atom stereocenters. The molecule has 4 rings (SSSR count). The van der Waals surface area contributed by atoms with Crippen molar-refractivity contribution in [2.45, 2.75) is 11.8 Å². The Morgan fingerprint density at radius 1 is 1.19 bits per heavy atom. The van der Waals surface area contributed by atoms with Crippen molar-refractivity contribution in [2.75, 3.05) is 26.1 Å². The van der Waals surface area contributed by atoms with Crippen LogP contribution in [0.3, 0.4) is 0 Å². The molecule has 2 heterocycles. The number of benzene rings is 2. The van der Waals surface area contributed by atoms with Gasteiger partial charge in [0.05, 0.1) is 4.91 Å². The number of hydrogen-bond donors (Lipinski definition) is 1. The molecular formula is C22H20N2O5S2. The summed E-state index contributed by atoms with van der Waals surface area (Å²) in [6.45, 7) is 2.33. The van der Waals surface area contributed by atoms with Crippen molar-refractivity contribution >= 4 is 46.7 Å². The molecule has 0 aromatic heterocycles. The predicted octanol–water partition coefficient (Wildman–Crippen LogP) is 3.91. The van der Waals surface area contributed by atoms with Crippen molar-refractivity contribution in [2.24, 2.45) is 0 Å². The Kier molecular flexibility index (Phi) is 6.24. The van der Waals surface area contributed by atoms with Gasteiger partial charge in [-0.25, -0.2) is 0 Å². The lowest BCUT2D eigenvalue weighted by Gasteiger charge is -2.14. The van der Waals surface area contributed by atoms with E-state index in [-0.39, 0.29) is 36.9 Å². The molecule has 1 N–H and O–H groups in total. The van der Waals surface area contributed by atoms with E-state index in [0.29, 0.717) is 22.0 Å². The topological polar surface area (TPSA) is 84.9 Å². The fourth-order valence-corrected chi connectivity index (χ4v) is 4.50. The number of nitrogens with one attached hydrogen (secondary N) is 1. The summed E-state index contributed by atoms with van der Waals surface area (Å²) in [7, 11) is 0. The minimum Gasteiger partial charge on any atom is -0.454 e. The van der Waals surface area contributed by atoms with Gasteiger partial charge in [-0.2, -0.15) is 0 Å². The third-order valence-electron chi connectivity index (χ3n) is 4.88. The van der Waals surface area contributed by atoms with Crippen molar-refractivity contribution in [3.8, 4) is 11.5 Å². The maximum Gasteiger partial charge on any atom is 0.293 e. The molecule has 3 amide bonds. The first-order chi connectivity index (χ1) is 15.0. The summed E-state index contributed by atoms with van der Waals surface area (Å²) in [5.74, 6) is 0.662. The van der Waals surface area contributed by atoms with Gasteiger partial charge in [0.25, 0.3) is 17.1 Å². The van der Waals surface area contributed by atoms with E-state index in [9.17, 15) is 14.4 Å². The number of ether oxygens (including phenoxy) is 2. The van der Waals surface area contributed by atoms with E-state index in [1.165, 1.54) is 0 Å². The molecule has 0 saturated carbocycles. The third-order valence-corrected chi connectivity index (χ3v) is 6.51. The van der Waals surface area contributed by atoms with E-state index >= 15 is 0 Å². The molecular weight excluding hydrogens is 436 g/mol. The van der Waals surface area contributed by atoms with Gasteiger partial charge < -0.3 is 14.8 Å². The van der Waals surface area contributed by atoms with Crippen molar-refractivity contribution < 1.29 is 23.9 Å². The highest BCUT2D eigenvalue weighted by Gasteiger charge is 2.34. The predicted molar refractivity (Wildman–Crippen MR) is 121 cm³/mol. The van der Waals surface area contributed by atoms with E-state index in [1.54, 1.807) is 36.0 Å². The van der Waals surface area contributed by atoms with Crippen LogP contribution in [0.2, 0.25) is 0 Å². The van der Waals surface area contributed by atoms with Crippen LogP contribution >= 0.6 is 23.5 Å². The number of imide groups is 1. The number of aryl methyl sites for hydroxylation is 1. The Labute approximate surface area is 188 Å². The van der Waals surface area contributed by atoms with E-state index in [0.717, 1.165) is 32.7 Å². The maximum atomic E-state index is 12.7. The Balaban J connectivity index is 1.38. The zero-order chi connectivity index (χ0) is 22.0. The molecule has 31 heavy (non-hydrogen) atoms. The van der Waals surface area contributed by atoms with Gasteiger partial charge in [0.1, 0.15) is 0 Å². The first-order valence-corrected chi connectivity index (χ1v) is 11.6. The third kappa shape index (κ3) is 4.57. The number of rotatable bonds is 6. The van der Waals surface area contributed by atoms with Crippen molar-refractivity contribution in [3.05, 3.63) is 58.0 Å². The molecule has 160 valence electrons. The van der Waals surface area contributed by atoms with Crippen LogP contribution < -0.4 is 14.8 Å². The second-order valence-electron chi connectivity index (χ2n) is 6.88. The largest absolute Gasteiger partial charge is 0.454 e. The standard InChI is InChI=1S/C22H20N2O5S2/c1-13-3-5-15(30-2)11-16(13)20(25)23-7-8-24-21(26)19(31-22(24)27)10-14-4-6-17-18(9-14)29-12-28-17/h3-6,9-11H,7-8,12H2,1-2H3,(H,23,25)/b19-10-. The average molecular weight is 457 g/mol. The zero-order valence-electron chi connectivity index (χ0n) is 17.0. The van der Waals surface area contributed by atoms with Crippen LogP contribution in [0.4, 0.5) is 4.79 Å². The number of carbonyl (C=O) groups excluding carboxylic acids is 3. The number of nitrogens with zero attached hydrogens (tertiary/aromatic N) is 1. The van der Waals surface area contributed by atoms with E-state index < -0.39 is 0 Å². The molecule has 2 aliphatic heterocycles. The zero-order valence-corrected chi connectivity index (χ0v) is 18.6. The highest BCUT2D eigenvalue weighted by molar-refractivity contribution is 8.18. The van der Waals surface area contributed by atoms with Crippen LogP contribution in [0.1, 0.15) is 21.5 Å². The first-order valence-electron chi connectivity index (χ1n) is 9.54.